The molecule has 1 aromatic rings. The highest BCUT2D eigenvalue weighted by Gasteiger charge is 2.72. The van der Waals surface area contributed by atoms with Gasteiger partial charge in [-0.05, 0) is 54.2 Å². The molecule has 0 saturated heterocycles. The molecular weight excluding hydrogens is 324 g/mol. The van der Waals surface area contributed by atoms with Crippen LogP contribution in [0.3, 0.4) is 0 Å². The molecule has 1 aromatic carbocycles. The van der Waals surface area contributed by atoms with Crippen molar-refractivity contribution in [1.29, 1.82) is 0 Å². The predicted octanol–water partition coefficient (Wildman–Crippen LogP) is 4.06. The molecule has 132 valence electrons. The Morgan fingerprint density at radius 2 is 1.88 bits per heavy atom. The topological polar surface area (TPSA) is 60.4 Å². The number of benzene rings is 1. The first kappa shape index (κ1) is 17.5. The zero-order chi connectivity index (χ0) is 17.8. The van der Waals surface area contributed by atoms with Crippen molar-refractivity contribution < 1.29 is 17.4 Å². The number of hydrogen-bond donors (Lipinski definition) is 0. The van der Waals surface area contributed by atoms with Gasteiger partial charge in [0, 0.05) is 6.42 Å². The molecule has 2 saturated carbocycles. The van der Waals surface area contributed by atoms with E-state index in [1.807, 2.05) is 26.0 Å². The van der Waals surface area contributed by atoms with Crippen molar-refractivity contribution in [3.05, 3.63) is 29.8 Å². The van der Waals surface area contributed by atoms with Crippen LogP contribution in [0.1, 0.15) is 64.9 Å². The van der Waals surface area contributed by atoms with Crippen LogP contribution in [0.5, 0.6) is 5.75 Å². The largest absolute Gasteiger partial charge is 0.382 e. The van der Waals surface area contributed by atoms with Gasteiger partial charge in [-0.2, -0.15) is 8.42 Å². The lowest BCUT2D eigenvalue weighted by molar-refractivity contribution is -0.121. The summed E-state index contributed by atoms with van der Waals surface area (Å²) in [6.45, 7) is 8.03. The van der Waals surface area contributed by atoms with Crippen LogP contribution in [0.4, 0.5) is 0 Å². The lowest BCUT2D eigenvalue weighted by Gasteiger charge is -2.34. The van der Waals surface area contributed by atoms with E-state index in [0.29, 0.717) is 18.8 Å². The van der Waals surface area contributed by atoms with Crippen molar-refractivity contribution in [3.63, 3.8) is 0 Å². The SMILES string of the molecule is CCC(C)c1ccc(OS(=O)(=O)C23CCC(CC2=O)C3(C)C)cc1. The third-order valence-corrected chi connectivity index (χ3v) is 8.71. The minimum atomic E-state index is -4.03. The Morgan fingerprint density at radius 3 is 2.33 bits per heavy atom. The Hall–Kier alpha value is -1.36. The van der Waals surface area contributed by atoms with Gasteiger partial charge in [-0.15, -0.1) is 0 Å². The van der Waals surface area contributed by atoms with E-state index in [1.54, 1.807) is 12.1 Å². The fourth-order valence-corrected chi connectivity index (χ4v) is 6.55. The first-order valence-electron chi connectivity index (χ1n) is 8.73. The quantitative estimate of drug-likeness (QED) is 0.752. The Labute approximate surface area is 144 Å². The smallest absolute Gasteiger partial charge is 0.322 e. The highest BCUT2D eigenvalue weighted by Crippen LogP contribution is 2.62. The van der Waals surface area contributed by atoms with Gasteiger partial charge < -0.3 is 4.18 Å². The van der Waals surface area contributed by atoms with E-state index in [1.165, 1.54) is 0 Å². The Balaban J connectivity index is 1.91. The van der Waals surface area contributed by atoms with E-state index in [-0.39, 0.29) is 17.5 Å². The Morgan fingerprint density at radius 1 is 1.25 bits per heavy atom. The van der Waals surface area contributed by atoms with Crippen molar-refractivity contribution in [2.45, 2.75) is 64.0 Å². The van der Waals surface area contributed by atoms with Crippen LogP contribution in [0, 0.1) is 11.3 Å². The number of fused-ring (bicyclic) bond motifs is 2. The van der Waals surface area contributed by atoms with Crippen LogP contribution in [0.25, 0.3) is 0 Å². The van der Waals surface area contributed by atoms with Gasteiger partial charge in [-0.3, -0.25) is 4.79 Å². The summed E-state index contributed by atoms with van der Waals surface area (Å²) in [5.74, 6) is 0.659. The van der Waals surface area contributed by atoms with E-state index >= 15 is 0 Å². The lowest BCUT2D eigenvalue weighted by Crippen LogP contribution is -2.52. The second-order valence-corrected chi connectivity index (χ2v) is 9.60. The molecule has 0 N–H and O–H groups in total. The molecule has 0 amide bonds. The average Bonchev–Trinajstić information content (AvgIpc) is 2.90. The molecule has 2 bridgehead atoms. The van der Waals surface area contributed by atoms with Crippen LogP contribution >= 0.6 is 0 Å². The van der Waals surface area contributed by atoms with Gasteiger partial charge in [0.2, 0.25) is 0 Å². The number of hydrogen-bond acceptors (Lipinski definition) is 4. The molecule has 4 nitrogen and oxygen atoms in total. The van der Waals surface area contributed by atoms with E-state index in [0.717, 1.165) is 18.4 Å². The standard InChI is InChI=1S/C19H26O4S/c1-5-13(2)14-6-8-16(9-7-14)23-24(21,22)19-11-10-15(12-17(19)20)18(19,3)4/h6-9,13,15H,5,10-12H2,1-4H3. The summed E-state index contributed by atoms with van der Waals surface area (Å²) in [5, 5.41) is 0. The number of carbonyl (C=O) groups excluding carboxylic acids is 1. The molecule has 2 aliphatic carbocycles. The molecule has 0 spiro atoms. The van der Waals surface area contributed by atoms with Crippen molar-refractivity contribution >= 4 is 15.9 Å². The first-order chi connectivity index (χ1) is 11.2. The van der Waals surface area contributed by atoms with E-state index < -0.39 is 20.3 Å². The van der Waals surface area contributed by atoms with Gasteiger partial charge in [-0.25, -0.2) is 0 Å². The van der Waals surface area contributed by atoms with Gasteiger partial charge >= 0.3 is 10.1 Å². The van der Waals surface area contributed by atoms with Crippen molar-refractivity contribution in [1.82, 2.24) is 0 Å². The molecular formula is C19H26O4S. The third-order valence-electron chi connectivity index (χ3n) is 6.48. The molecule has 2 aliphatic rings. The molecule has 3 atom stereocenters. The lowest BCUT2D eigenvalue weighted by atomic mass is 9.81. The fourth-order valence-electron chi connectivity index (χ4n) is 4.51. The molecule has 0 heterocycles. The molecule has 24 heavy (non-hydrogen) atoms. The maximum atomic E-state index is 13.0. The van der Waals surface area contributed by atoms with Crippen molar-refractivity contribution in [2.24, 2.45) is 11.3 Å². The Kier molecular flexibility index (Phi) is 4.06. The van der Waals surface area contributed by atoms with Crippen molar-refractivity contribution in [3.8, 4) is 5.75 Å². The molecule has 0 radical (unpaired) electrons. The summed E-state index contributed by atoms with van der Waals surface area (Å²) in [5.41, 5.74) is 0.582. The van der Waals surface area contributed by atoms with Gasteiger partial charge in [0.1, 0.15) is 5.75 Å². The molecule has 0 aliphatic heterocycles. The third kappa shape index (κ3) is 2.24. The minimum absolute atomic E-state index is 0.135. The van der Waals surface area contributed by atoms with Crippen LogP contribution in [-0.2, 0) is 14.9 Å². The monoisotopic (exact) mass is 350 g/mol. The van der Waals surface area contributed by atoms with E-state index in [2.05, 4.69) is 13.8 Å². The van der Waals surface area contributed by atoms with Gasteiger partial charge in [0.15, 0.2) is 10.5 Å². The number of carbonyl (C=O) groups is 1. The Bertz CT molecular complexity index is 748. The first-order valence-corrected chi connectivity index (χ1v) is 10.1. The van der Waals surface area contributed by atoms with Gasteiger partial charge in [-0.1, -0.05) is 39.8 Å². The summed E-state index contributed by atoms with van der Waals surface area (Å²) in [7, 11) is -4.03. The van der Waals surface area contributed by atoms with Crippen molar-refractivity contribution in [2.75, 3.05) is 0 Å². The maximum absolute atomic E-state index is 13.0. The minimum Gasteiger partial charge on any atom is -0.382 e. The highest BCUT2D eigenvalue weighted by atomic mass is 32.2. The fraction of sp³-hybridized carbons (Fsp3) is 0.632. The molecule has 2 fully saturated rings. The van der Waals surface area contributed by atoms with Gasteiger partial charge in [0.25, 0.3) is 0 Å². The second-order valence-electron chi connectivity index (χ2n) is 7.83. The predicted molar refractivity (Wildman–Crippen MR) is 93.6 cm³/mol. The second kappa shape index (κ2) is 5.58. The van der Waals surface area contributed by atoms with Crippen LogP contribution < -0.4 is 4.18 Å². The maximum Gasteiger partial charge on any atom is 0.322 e. The normalized spacial score (nSPS) is 29.7. The molecule has 0 aromatic heterocycles. The zero-order valence-corrected chi connectivity index (χ0v) is 15.7. The highest BCUT2D eigenvalue weighted by molar-refractivity contribution is 7.89. The zero-order valence-electron chi connectivity index (χ0n) is 14.8. The molecule has 5 heteroatoms. The summed E-state index contributed by atoms with van der Waals surface area (Å²) < 4.78 is 30.1. The van der Waals surface area contributed by atoms with Gasteiger partial charge in [0.05, 0.1) is 0 Å². The number of rotatable bonds is 5. The summed E-state index contributed by atoms with van der Waals surface area (Å²) in [4.78, 5) is 12.5. The number of ketones is 1. The van der Waals surface area contributed by atoms with E-state index in [9.17, 15) is 13.2 Å². The molecule has 3 rings (SSSR count). The molecule has 3 unspecified atom stereocenters. The van der Waals surface area contributed by atoms with Crippen LogP contribution in [0.2, 0.25) is 0 Å². The van der Waals surface area contributed by atoms with Crippen LogP contribution in [-0.4, -0.2) is 18.9 Å². The average molecular weight is 350 g/mol. The number of Topliss-reactive ketones (excluding diaryl/α,β-unsaturated/α-hetero) is 1. The van der Waals surface area contributed by atoms with Crippen LogP contribution in [0.15, 0.2) is 24.3 Å². The van der Waals surface area contributed by atoms with E-state index in [4.69, 9.17) is 4.18 Å². The summed E-state index contributed by atoms with van der Waals surface area (Å²) in [6.07, 6.45) is 2.51. The summed E-state index contributed by atoms with van der Waals surface area (Å²) in [6, 6.07) is 7.18. The summed E-state index contributed by atoms with van der Waals surface area (Å²) >= 11 is 0.